The molecule has 0 aromatic carbocycles. The smallest absolute Gasteiger partial charge is 0.235 e. The summed E-state index contributed by atoms with van der Waals surface area (Å²) in [6.45, 7) is 11.3. The van der Waals surface area contributed by atoms with Gasteiger partial charge in [-0.15, -0.1) is 11.3 Å². The first-order valence-corrected chi connectivity index (χ1v) is 12.5. The number of thiophene rings is 1. The van der Waals surface area contributed by atoms with Gasteiger partial charge in [0.1, 0.15) is 27.6 Å². The Morgan fingerprint density at radius 1 is 1.28 bits per heavy atom. The van der Waals surface area contributed by atoms with Gasteiger partial charge in [0.15, 0.2) is 0 Å². The van der Waals surface area contributed by atoms with Gasteiger partial charge < -0.3 is 14.6 Å². The molecule has 1 aliphatic heterocycles. The van der Waals surface area contributed by atoms with E-state index in [0.29, 0.717) is 23.8 Å². The van der Waals surface area contributed by atoms with E-state index >= 15 is 0 Å². The van der Waals surface area contributed by atoms with Gasteiger partial charge in [0.25, 0.3) is 0 Å². The molecule has 0 aliphatic carbocycles. The lowest BCUT2D eigenvalue weighted by Gasteiger charge is -2.17. The van der Waals surface area contributed by atoms with E-state index in [-0.39, 0.29) is 17.8 Å². The van der Waals surface area contributed by atoms with Crippen molar-refractivity contribution in [3.8, 4) is 6.07 Å². The van der Waals surface area contributed by atoms with E-state index in [2.05, 4.69) is 35.2 Å². The molecule has 4 heterocycles. The third-order valence-electron chi connectivity index (χ3n) is 6.06. The van der Waals surface area contributed by atoms with Crippen LogP contribution in [0, 0.1) is 45.9 Å². The molecule has 0 bridgehead atoms. The normalized spacial score (nSPS) is 15.9. The lowest BCUT2D eigenvalue weighted by Crippen LogP contribution is -2.22. The number of nitriles is 1. The number of carbonyl (C=O) groups excluding carboxylic acids is 1. The zero-order chi connectivity index (χ0) is 23.0. The molecule has 7 nitrogen and oxygen atoms in total. The van der Waals surface area contributed by atoms with E-state index in [4.69, 9.17) is 4.74 Å². The van der Waals surface area contributed by atoms with E-state index in [0.717, 1.165) is 51.5 Å². The molecule has 4 rings (SSSR count). The first-order valence-electron chi connectivity index (χ1n) is 10.7. The van der Waals surface area contributed by atoms with Crippen molar-refractivity contribution in [1.82, 2.24) is 14.5 Å². The molecule has 1 fully saturated rings. The maximum Gasteiger partial charge on any atom is 0.235 e. The van der Waals surface area contributed by atoms with Crippen LogP contribution in [0.5, 0.6) is 0 Å². The van der Waals surface area contributed by atoms with Crippen LogP contribution in [-0.4, -0.2) is 38.9 Å². The number of anilines is 1. The number of hydrogen-bond acceptors (Lipinski definition) is 7. The van der Waals surface area contributed by atoms with Gasteiger partial charge in [-0.05, 0) is 58.6 Å². The SMILES string of the molecule is Cc1nc(SCC(=O)Nc2c(C#N)c(C)c(C)n2CC2CCCO2)c2c(C)c(C)sc2n1. The lowest BCUT2D eigenvalue weighted by atomic mass is 10.2. The number of hydrogen-bond donors (Lipinski definition) is 1. The summed E-state index contributed by atoms with van der Waals surface area (Å²) in [7, 11) is 0. The molecule has 168 valence electrons. The first kappa shape index (κ1) is 22.8. The fourth-order valence-corrected chi connectivity index (χ4v) is 6.14. The standard InChI is InChI=1S/C23H27N5O2S2/c1-12-14(3)28(10-17-7-6-8-30-17)21(18(12)9-24)27-19(29)11-31-22-20-13(2)15(4)32-23(20)26-16(5)25-22/h17H,6-8,10-11H2,1-5H3,(H,27,29). The number of nitrogens with zero attached hydrogens (tertiary/aromatic N) is 4. The molecule has 3 aromatic heterocycles. The minimum atomic E-state index is -0.161. The molecule has 1 saturated heterocycles. The molecular formula is C23H27N5O2S2. The first-order chi connectivity index (χ1) is 15.3. The zero-order valence-corrected chi connectivity index (χ0v) is 20.7. The molecule has 0 spiro atoms. The Hall–Kier alpha value is -2.41. The van der Waals surface area contributed by atoms with Crippen LogP contribution in [0.4, 0.5) is 5.82 Å². The van der Waals surface area contributed by atoms with E-state index in [1.54, 1.807) is 11.3 Å². The van der Waals surface area contributed by atoms with Crippen molar-refractivity contribution in [2.75, 3.05) is 17.7 Å². The number of aryl methyl sites for hydroxylation is 3. The van der Waals surface area contributed by atoms with Crippen LogP contribution in [0.15, 0.2) is 5.03 Å². The van der Waals surface area contributed by atoms with Crippen molar-refractivity contribution < 1.29 is 9.53 Å². The molecule has 1 amide bonds. The van der Waals surface area contributed by atoms with Gasteiger partial charge in [-0.2, -0.15) is 5.26 Å². The van der Waals surface area contributed by atoms with Crippen LogP contribution in [0.25, 0.3) is 10.2 Å². The quantitative estimate of drug-likeness (QED) is 0.411. The molecule has 9 heteroatoms. The van der Waals surface area contributed by atoms with Crippen LogP contribution in [0.1, 0.15) is 45.9 Å². The van der Waals surface area contributed by atoms with E-state index in [1.165, 1.54) is 16.6 Å². The second-order valence-electron chi connectivity index (χ2n) is 8.17. The summed E-state index contributed by atoms with van der Waals surface area (Å²) >= 11 is 3.06. The van der Waals surface area contributed by atoms with Crippen molar-refractivity contribution in [3.05, 3.63) is 33.1 Å². The second-order valence-corrected chi connectivity index (χ2v) is 10.3. The van der Waals surface area contributed by atoms with Crippen molar-refractivity contribution >= 4 is 45.0 Å². The molecular weight excluding hydrogens is 442 g/mol. The summed E-state index contributed by atoms with van der Waals surface area (Å²) in [4.78, 5) is 24.3. The van der Waals surface area contributed by atoms with Crippen LogP contribution in [-0.2, 0) is 16.1 Å². The molecule has 1 atom stereocenters. The number of nitrogens with one attached hydrogen (secondary N) is 1. The van der Waals surface area contributed by atoms with Gasteiger partial charge in [0.2, 0.25) is 5.91 Å². The maximum atomic E-state index is 12.9. The fourth-order valence-electron chi connectivity index (χ4n) is 4.07. The van der Waals surface area contributed by atoms with Gasteiger partial charge in [-0.3, -0.25) is 4.79 Å². The number of amides is 1. The van der Waals surface area contributed by atoms with Gasteiger partial charge in [0, 0.05) is 22.6 Å². The van der Waals surface area contributed by atoms with Crippen molar-refractivity contribution in [2.45, 2.75) is 65.1 Å². The highest BCUT2D eigenvalue weighted by molar-refractivity contribution is 8.00. The Bertz CT molecular complexity index is 1230. The molecule has 1 N–H and O–H groups in total. The number of thioether (sulfide) groups is 1. The molecule has 32 heavy (non-hydrogen) atoms. The Balaban J connectivity index is 1.56. The average Bonchev–Trinajstić information content (AvgIpc) is 3.42. The highest BCUT2D eigenvalue weighted by atomic mass is 32.2. The topological polar surface area (TPSA) is 92.8 Å². The summed E-state index contributed by atoms with van der Waals surface area (Å²) in [5, 5.41) is 14.6. The molecule has 0 saturated carbocycles. The zero-order valence-electron chi connectivity index (χ0n) is 19.0. The maximum absolute atomic E-state index is 12.9. The Morgan fingerprint density at radius 3 is 2.75 bits per heavy atom. The van der Waals surface area contributed by atoms with Crippen LogP contribution < -0.4 is 5.32 Å². The Morgan fingerprint density at radius 2 is 2.06 bits per heavy atom. The van der Waals surface area contributed by atoms with Gasteiger partial charge >= 0.3 is 0 Å². The van der Waals surface area contributed by atoms with Crippen molar-refractivity contribution in [1.29, 1.82) is 5.26 Å². The second kappa shape index (κ2) is 9.22. The van der Waals surface area contributed by atoms with Crippen molar-refractivity contribution in [2.24, 2.45) is 0 Å². The summed E-state index contributed by atoms with van der Waals surface area (Å²) < 4.78 is 7.81. The van der Waals surface area contributed by atoms with Gasteiger partial charge in [-0.1, -0.05) is 11.8 Å². The number of aromatic nitrogens is 3. The fraction of sp³-hybridized carbons (Fsp3) is 0.478. The molecule has 3 aromatic rings. The van der Waals surface area contributed by atoms with Crippen LogP contribution >= 0.6 is 23.1 Å². The van der Waals surface area contributed by atoms with Crippen LogP contribution in [0.2, 0.25) is 0 Å². The third-order valence-corrected chi connectivity index (χ3v) is 8.13. The minimum absolute atomic E-state index is 0.110. The molecule has 0 radical (unpaired) electrons. The predicted molar refractivity (Wildman–Crippen MR) is 129 cm³/mol. The minimum Gasteiger partial charge on any atom is -0.376 e. The largest absolute Gasteiger partial charge is 0.376 e. The summed E-state index contributed by atoms with van der Waals surface area (Å²) in [5.41, 5.74) is 3.56. The molecule has 1 aliphatic rings. The highest BCUT2D eigenvalue weighted by Crippen LogP contribution is 2.35. The third kappa shape index (κ3) is 4.27. The van der Waals surface area contributed by atoms with Gasteiger partial charge in [0.05, 0.1) is 24.0 Å². The lowest BCUT2D eigenvalue weighted by molar-refractivity contribution is -0.113. The number of fused-ring (bicyclic) bond motifs is 1. The van der Waals surface area contributed by atoms with Gasteiger partial charge in [-0.25, -0.2) is 9.97 Å². The van der Waals surface area contributed by atoms with E-state index < -0.39 is 0 Å². The number of rotatable bonds is 6. The molecule has 1 unspecified atom stereocenters. The Kier molecular flexibility index (Phi) is 6.56. The van der Waals surface area contributed by atoms with Crippen molar-refractivity contribution in [3.63, 3.8) is 0 Å². The predicted octanol–water partition coefficient (Wildman–Crippen LogP) is 4.82. The number of ether oxygens (including phenoxy) is 1. The Labute approximate surface area is 196 Å². The van der Waals surface area contributed by atoms with E-state index in [9.17, 15) is 10.1 Å². The van der Waals surface area contributed by atoms with E-state index in [1.807, 2.05) is 25.3 Å². The monoisotopic (exact) mass is 469 g/mol. The number of carbonyl (C=O) groups is 1. The van der Waals surface area contributed by atoms with Crippen LogP contribution in [0.3, 0.4) is 0 Å². The highest BCUT2D eigenvalue weighted by Gasteiger charge is 2.24. The summed E-state index contributed by atoms with van der Waals surface area (Å²) in [5.74, 6) is 1.31. The summed E-state index contributed by atoms with van der Waals surface area (Å²) in [6.07, 6.45) is 2.14. The average molecular weight is 470 g/mol. The summed E-state index contributed by atoms with van der Waals surface area (Å²) in [6, 6.07) is 2.27.